The predicted octanol–water partition coefficient (Wildman–Crippen LogP) is 6.53. The maximum absolute atomic E-state index is 9.67. The van der Waals surface area contributed by atoms with Crippen molar-refractivity contribution in [3.63, 3.8) is 0 Å². The summed E-state index contributed by atoms with van der Waals surface area (Å²) >= 11 is 0. The van der Waals surface area contributed by atoms with Gasteiger partial charge >= 0.3 is 0 Å². The molecule has 0 spiro atoms. The lowest BCUT2D eigenvalue weighted by Gasteiger charge is -2.08. The van der Waals surface area contributed by atoms with E-state index in [9.17, 15) is 5.11 Å². The van der Waals surface area contributed by atoms with Gasteiger partial charge in [-0.05, 0) is 18.4 Å². The molecule has 0 aromatic rings. The zero-order chi connectivity index (χ0) is 16.3. The van der Waals surface area contributed by atoms with E-state index >= 15 is 0 Å². The second kappa shape index (κ2) is 18.3. The van der Waals surface area contributed by atoms with Crippen LogP contribution in [-0.4, -0.2) is 17.8 Å². The summed E-state index contributed by atoms with van der Waals surface area (Å²) in [7, 11) is 0. The summed E-state index contributed by atoms with van der Waals surface area (Å²) in [6.07, 6.45) is 18.7. The van der Waals surface area contributed by atoms with E-state index in [0.29, 0.717) is 13.0 Å². The molecule has 0 aromatic heterocycles. The maximum Gasteiger partial charge on any atom is 0.0541 e. The molecule has 0 aliphatic heterocycles. The normalized spacial score (nSPS) is 12.1. The van der Waals surface area contributed by atoms with Gasteiger partial charge in [0, 0.05) is 11.5 Å². The van der Waals surface area contributed by atoms with Crippen molar-refractivity contribution in [1.29, 1.82) is 0 Å². The summed E-state index contributed by atoms with van der Waals surface area (Å²) in [4.78, 5) is 2.69. The van der Waals surface area contributed by atoms with Gasteiger partial charge in [0.15, 0.2) is 0 Å². The highest BCUT2D eigenvalue weighted by molar-refractivity contribution is 4.59. The molecule has 0 aliphatic carbocycles. The lowest BCUT2D eigenvalue weighted by atomic mass is 10.0. The fourth-order valence-electron chi connectivity index (χ4n) is 2.79. The Morgan fingerprint density at radius 3 is 1.68 bits per heavy atom. The van der Waals surface area contributed by atoms with Gasteiger partial charge < -0.3 is 5.11 Å². The number of unbranched alkanes of at least 4 members (excludes halogenated alkanes) is 12. The molecule has 0 aromatic carbocycles. The number of rotatable bonds is 17. The summed E-state index contributed by atoms with van der Waals surface area (Å²) in [5, 5.41) is 13.1. The molecule has 1 N–H and O–H groups in total. The van der Waals surface area contributed by atoms with Crippen molar-refractivity contribution in [2.75, 3.05) is 6.54 Å². The minimum atomic E-state index is -0.293. The Balaban J connectivity index is 3.09. The Labute approximate surface area is 137 Å². The molecule has 0 rings (SSSR count). The first kappa shape index (κ1) is 21.3. The maximum atomic E-state index is 9.67. The van der Waals surface area contributed by atoms with Crippen molar-refractivity contribution in [3.05, 3.63) is 10.4 Å². The zero-order valence-corrected chi connectivity index (χ0v) is 14.7. The van der Waals surface area contributed by atoms with Crippen molar-refractivity contribution < 1.29 is 5.11 Å². The molecule has 0 saturated carbocycles. The Hall–Kier alpha value is -0.730. The summed E-state index contributed by atoms with van der Waals surface area (Å²) in [6.45, 7) is 2.68. The number of nitrogens with zero attached hydrogens (tertiary/aromatic N) is 3. The SMILES string of the molecule is CCCCCCCCCCCCCCC[C@@H](O)CCN=[N+]=[N-]. The number of hydrogen-bond donors (Lipinski definition) is 1. The van der Waals surface area contributed by atoms with Crippen LogP contribution in [0.25, 0.3) is 10.4 Å². The van der Waals surface area contributed by atoms with E-state index in [4.69, 9.17) is 5.53 Å². The Morgan fingerprint density at radius 2 is 1.23 bits per heavy atom. The van der Waals surface area contributed by atoms with E-state index < -0.39 is 0 Å². The number of aliphatic hydroxyl groups excluding tert-OH is 1. The van der Waals surface area contributed by atoms with Gasteiger partial charge in [0.1, 0.15) is 0 Å². The van der Waals surface area contributed by atoms with E-state index in [1.54, 1.807) is 0 Å². The van der Waals surface area contributed by atoms with Crippen LogP contribution >= 0.6 is 0 Å². The van der Waals surface area contributed by atoms with E-state index in [1.165, 1.54) is 77.0 Å². The molecular formula is C18H37N3O. The van der Waals surface area contributed by atoms with Gasteiger partial charge in [-0.2, -0.15) is 0 Å². The van der Waals surface area contributed by atoms with Crippen LogP contribution in [0.4, 0.5) is 0 Å². The third-order valence-electron chi connectivity index (χ3n) is 4.27. The van der Waals surface area contributed by atoms with Gasteiger partial charge in [-0.1, -0.05) is 95.5 Å². The number of azide groups is 1. The van der Waals surface area contributed by atoms with Crippen molar-refractivity contribution in [1.82, 2.24) is 0 Å². The largest absolute Gasteiger partial charge is 0.393 e. The second-order valence-electron chi connectivity index (χ2n) is 6.43. The predicted molar refractivity (Wildman–Crippen MR) is 94.9 cm³/mol. The van der Waals surface area contributed by atoms with Gasteiger partial charge in [-0.25, -0.2) is 0 Å². The highest BCUT2D eigenvalue weighted by Crippen LogP contribution is 2.13. The minimum absolute atomic E-state index is 0.293. The highest BCUT2D eigenvalue weighted by atomic mass is 16.3. The van der Waals surface area contributed by atoms with Gasteiger partial charge in [-0.15, -0.1) is 0 Å². The first-order valence-electron chi connectivity index (χ1n) is 9.50. The summed E-state index contributed by atoms with van der Waals surface area (Å²) in [5.41, 5.74) is 8.15. The molecule has 0 bridgehead atoms. The Bertz CT molecular complexity index is 265. The molecule has 0 heterocycles. The van der Waals surface area contributed by atoms with E-state index in [0.717, 1.165) is 12.8 Å². The third kappa shape index (κ3) is 17.3. The van der Waals surface area contributed by atoms with Crippen LogP contribution in [0, 0.1) is 0 Å². The highest BCUT2D eigenvalue weighted by Gasteiger charge is 2.02. The van der Waals surface area contributed by atoms with Crippen molar-refractivity contribution in [2.45, 2.75) is 109 Å². The second-order valence-corrected chi connectivity index (χ2v) is 6.43. The Morgan fingerprint density at radius 1 is 0.773 bits per heavy atom. The smallest absolute Gasteiger partial charge is 0.0541 e. The zero-order valence-electron chi connectivity index (χ0n) is 14.7. The molecule has 0 amide bonds. The molecule has 4 nitrogen and oxygen atoms in total. The molecule has 1 atom stereocenters. The standard InChI is InChI=1S/C18H37N3O/c1-2-3-4-5-6-7-8-9-10-11-12-13-14-15-18(22)16-17-20-21-19/h18,22H,2-17H2,1H3/t18-/m1/s1. The van der Waals surface area contributed by atoms with Crippen LogP contribution in [0.3, 0.4) is 0 Å². The van der Waals surface area contributed by atoms with Crippen molar-refractivity contribution >= 4 is 0 Å². The summed E-state index contributed by atoms with van der Waals surface area (Å²) < 4.78 is 0. The number of aliphatic hydroxyl groups is 1. The topological polar surface area (TPSA) is 69.0 Å². The lowest BCUT2D eigenvalue weighted by Crippen LogP contribution is -2.07. The van der Waals surface area contributed by atoms with Crippen LogP contribution in [0.2, 0.25) is 0 Å². The van der Waals surface area contributed by atoms with Crippen molar-refractivity contribution in [2.24, 2.45) is 5.11 Å². The molecule has 130 valence electrons. The monoisotopic (exact) mass is 311 g/mol. The van der Waals surface area contributed by atoms with Crippen LogP contribution in [-0.2, 0) is 0 Å². The van der Waals surface area contributed by atoms with Crippen LogP contribution < -0.4 is 0 Å². The molecule has 0 unspecified atom stereocenters. The lowest BCUT2D eigenvalue weighted by molar-refractivity contribution is 0.153. The average Bonchev–Trinajstić information content (AvgIpc) is 2.52. The van der Waals surface area contributed by atoms with Gasteiger partial charge in [0.05, 0.1) is 6.10 Å². The molecule has 0 fully saturated rings. The number of hydrogen-bond acceptors (Lipinski definition) is 2. The fraction of sp³-hybridized carbons (Fsp3) is 1.00. The summed E-state index contributed by atoms with van der Waals surface area (Å²) in [6, 6.07) is 0. The van der Waals surface area contributed by atoms with E-state index in [-0.39, 0.29) is 6.10 Å². The average molecular weight is 312 g/mol. The van der Waals surface area contributed by atoms with Crippen molar-refractivity contribution in [3.8, 4) is 0 Å². The Kier molecular flexibility index (Phi) is 17.7. The first-order valence-corrected chi connectivity index (χ1v) is 9.50. The van der Waals surface area contributed by atoms with Crippen LogP contribution in [0.15, 0.2) is 5.11 Å². The van der Waals surface area contributed by atoms with E-state index in [1.807, 2.05) is 0 Å². The molecule has 0 aliphatic rings. The van der Waals surface area contributed by atoms with Gasteiger partial charge in [0.25, 0.3) is 0 Å². The third-order valence-corrected chi connectivity index (χ3v) is 4.27. The minimum Gasteiger partial charge on any atom is -0.393 e. The van der Waals surface area contributed by atoms with Gasteiger partial charge in [0.2, 0.25) is 0 Å². The van der Waals surface area contributed by atoms with Crippen LogP contribution in [0.5, 0.6) is 0 Å². The fourth-order valence-corrected chi connectivity index (χ4v) is 2.79. The first-order chi connectivity index (χ1) is 10.8. The molecule has 0 saturated heterocycles. The van der Waals surface area contributed by atoms with E-state index in [2.05, 4.69) is 16.9 Å². The van der Waals surface area contributed by atoms with Crippen LogP contribution in [0.1, 0.15) is 103 Å². The molecule has 4 heteroatoms. The molecular weight excluding hydrogens is 274 g/mol. The molecule has 0 radical (unpaired) electrons. The van der Waals surface area contributed by atoms with Gasteiger partial charge in [-0.3, -0.25) is 0 Å². The quantitative estimate of drug-likeness (QED) is 0.141. The summed E-state index contributed by atoms with van der Waals surface area (Å²) in [5.74, 6) is 0. The molecule has 22 heavy (non-hydrogen) atoms.